The van der Waals surface area contributed by atoms with Crippen LogP contribution in [0.2, 0.25) is 0 Å². The molecule has 2 nitrogen and oxygen atoms in total. The lowest BCUT2D eigenvalue weighted by molar-refractivity contribution is 1.17. The third kappa shape index (κ3) is 3.63. The van der Waals surface area contributed by atoms with Crippen LogP contribution in [0.1, 0.15) is 5.56 Å². The average molecular weight is 531 g/mol. The van der Waals surface area contributed by atoms with Crippen molar-refractivity contribution in [2.75, 3.05) is 4.90 Å². The lowest BCUT2D eigenvalue weighted by Gasteiger charge is -2.26. The number of fused-ring (bicyclic) bond motifs is 6. The van der Waals surface area contributed by atoms with Crippen LogP contribution in [-0.2, 0) is 0 Å². The highest BCUT2D eigenvalue weighted by molar-refractivity contribution is 7.25. The highest BCUT2D eigenvalue weighted by atomic mass is 32.1. The lowest BCUT2D eigenvalue weighted by Crippen LogP contribution is -2.10. The van der Waals surface area contributed by atoms with E-state index in [4.69, 9.17) is 0 Å². The number of nitrogens with zero attached hydrogens (tertiary/aromatic N) is 2. The molecule has 40 heavy (non-hydrogen) atoms. The SMILES string of the molecule is Cc1cccc(N(c2ccc(-n3c4ccccc4c4ccccc43)cc2)c2ccc3c(c2)sc2ccccc23)c1. The molecule has 0 spiro atoms. The molecule has 0 amide bonds. The van der Waals surface area contributed by atoms with Crippen LogP contribution >= 0.6 is 11.3 Å². The predicted molar refractivity (Wildman–Crippen MR) is 173 cm³/mol. The Labute approximate surface area is 237 Å². The Kier molecular flexibility index (Phi) is 5.26. The summed E-state index contributed by atoms with van der Waals surface area (Å²) in [5, 5.41) is 5.20. The summed E-state index contributed by atoms with van der Waals surface area (Å²) in [6, 6.07) is 50.6. The fourth-order valence-corrected chi connectivity index (χ4v) is 7.16. The second kappa shape index (κ2) is 9.11. The molecule has 8 rings (SSSR count). The van der Waals surface area contributed by atoms with E-state index in [1.54, 1.807) is 0 Å². The van der Waals surface area contributed by atoms with Crippen molar-refractivity contribution in [3.8, 4) is 5.69 Å². The van der Waals surface area contributed by atoms with E-state index < -0.39 is 0 Å². The topological polar surface area (TPSA) is 8.17 Å². The number of hydrogen-bond acceptors (Lipinski definition) is 2. The Morgan fingerprint density at radius 1 is 0.475 bits per heavy atom. The minimum atomic E-state index is 1.13. The quantitative estimate of drug-likeness (QED) is 0.220. The van der Waals surface area contributed by atoms with Gasteiger partial charge in [-0.25, -0.2) is 0 Å². The number of aromatic nitrogens is 1. The standard InChI is InChI=1S/C37H26N2S/c1-25-9-8-10-28(23-25)38(29-21-22-33-32-13-4-7-16-36(32)40-37(33)24-29)26-17-19-27(20-18-26)39-34-14-5-2-11-30(34)31-12-3-6-15-35(31)39/h2-24H,1H3. The van der Waals surface area contributed by atoms with Crippen LogP contribution in [0, 0.1) is 6.92 Å². The van der Waals surface area contributed by atoms with Crippen molar-refractivity contribution in [2.45, 2.75) is 6.92 Å². The van der Waals surface area contributed by atoms with Crippen LogP contribution < -0.4 is 4.90 Å². The Morgan fingerprint density at radius 3 is 1.80 bits per heavy atom. The first-order chi connectivity index (χ1) is 19.7. The van der Waals surface area contributed by atoms with Gasteiger partial charge in [0.15, 0.2) is 0 Å². The molecule has 3 heteroatoms. The molecule has 0 bridgehead atoms. The van der Waals surface area contributed by atoms with Gasteiger partial charge in [0.25, 0.3) is 0 Å². The van der Waals surface area contributed by atoms with Crippen molar-refractivity contribution in [1.82, 2.24) is 4.57 Å². The minimum Gasteiger partial charge on any atom is -0.310 e. The number of para-hydroxylation sites is 2. The molecule has 0 aliphatic rings. The fourth-order valence-electron chi connectivity index (χ4n) is 6.02. The van der Waals surface area contributed by atoms with Crippen molar-refractivity contribution < 1.29 is 0 Å². The van der Waals surface area contributed by atoms with E-state index >= 15 is 0 Å². The van der Waals surface area contributed by atoms with Crippen molar-refractivity contribution in [3.63, 3.8) is 0 Å². The summed E-state index contributed by atoms with van der Waals surface area (Å²) in [4.78, 5) is 2.37. The molecule has 0 fully saturated rings. The first-order valence-corrected chi connectivity index (χ1v) is 14.4. The highest BCUT2D eigenvalue weighted by Crippen LogP contribution is 2.41. The molecule has 2 heterocycles. The zero-order chi connectivity index (χ0) is 26.6. The van der Waals surface area contributed by atoms with Crippen LogP contribution in [0.4, 0.5) is 17.1 Å². The summed E-state index contributed by atoms with van der Waals surface area (Å²) in [6.45, 7) is 2.15. The summed E-state index contributed by atoms with van der Waals surface area (Å²) in [5.41, 5.74) is 8.30. The molecule has 6 aromatic carbocycles. The number of thiophene rings is 1. The third-order valence-electron chi connectivity index (χ3n) is 7.83. The summed E-state index contributed by atoms with van der Waals surface area (Å²) in [7, 11) is 0. The molecule has 0 atom stereocenters. The average Bonchev–Trinajstić information content (AvgIpc) is 3.53. The molecule has 0 aliphatic carbocycles. The Balaban J connectivity index is 1.29. The number of benzene rings is 6. The number of anilines is 3. The maximum atomic E-state index is 2.37. The molecule has 8 aromatic rings. The van der Waals surface area contributed by atoms with E-state index in [0.29, 0.717) is 0 Å². The molecular formula is C37H26N2S. The minimum absolute atomic E-state index is 1.13. The largest absolute Gasteiger partial charge is 0.310 e. The van der Waals surface area contributed by atoms with Gasteiger partial charge in [-0.3, -0.25) is 0 Å². The summed E-state index contributed by atoms with van der Waals surface area (Å²) in [6.07, 6.45) is 0. The van der Waals surface area contributed by atoms with Crippen LogP contribution in [0.25, 0.3) is 47.7 Å². The number of rotatable bonds is 4. The second-order valence-electron chi connectivity index (χ2n) is 10.3. The zero-order valence-electron chi connectivity index (χ0n) is 22.1. The van der Waals surface area contributed by atoms with Crippen molar-refractivity contribution in [1.29, 1.82) is 0 Å². The highest BCUT2D eigenvalue weighted by Gasteiger charge is 2.16. The Hall–Kier alpha value is -4.86. The van der Waals surface area contributed by atoms with E-state index in [2.05, 4.69) is 156 Å². The van der Waals surface area contributed by atoms with Gasteiger partial charge in [0.05, 0.1) is 11.0 Å². The normalized spacial score (nSPS) is 11.6. The summed E-state index contributed by atoms with van der Waals surface area (Å²) >= 11 is 1.86. The molecule has 190 valence electrons. The van der Waals surface area contributed by atoms with E-state index in [1.165, 1.54) is 47.5 Å². The van der Waals surface area contributed by atoms with Crippen molar-refractivity contribution in [2.24, 2.45) is 0 Å². The maximum Gasteiger partial charge on any atom is 0.0541 e. The molecule has 0 aliphatic heterocycles. The van der Waals surface area contributed by atoms with E-state index in [9.17, 15) is 0 Å². The summed E-state index contributed by atoms with van der Waals surface area (Å²) in [5.74, 6) is 0. The molecule has 2 aromatic heterocycles. The number of aryl methyl sites for hydroxylation is 1. The molecular weight excluding hydrogens is 504 g/mol. The first kappa shape index (κ1) is 23.1. The molecule has 0 N–H and O–H groups in total. The van der Waals surface area contributed by atoms with Gasteiger partial charge in [0.2, 0.25) is 0 Å². The van der Waals surface area contributed by atoms with Crippen molar-refractivity contribution in [3.05, 3.63) is 145 Å². The zero-order valence-corrected chi connectivity index (χ0v) is 22.9. The fraction of sp³-hybridized carbons (Fsp3) is 0.0270. The van der Waals surface area contributed by atoms with Crippen LogP contribution in [0.3, 0.4) is 0 Å². The maximum absolute atomic E-state index is 2.37. The number of hydrogen-bond donors (Lipinski definition) is 0. The van der Waals surface area contributed by atoms with Gasteiger partial charge in [-0.2, -0.15) is 0 Å². The first-order valence-electron chi connectivity index (χ1n) is 13.6. The third-order valence-corrected chi connectivity index (χ3v) is 8.96. The second-order valence-corrected chi connectivity index (χ2v) is 11.4. The van der Waals surface area contributed by atoms with Gasteiger partial charge >= 0.3 is 0 Å². The molecule has 0 saturated carbocycles. The van der Waals surface area contributed by atoms with Crippen molar-refractivity contribution >= 4 is 70.4 Å². The molecule has 0 saturated heterocycles. The Morgan fingerprint density at radius 2 is 1.07 bits per heavy atom. The predicted octanol–water partition coefficient (Wildman–Crippen LogP) is 10.9. The van der Waals surface area contributed by atoms with E-state index in [1.807, 2.05) is 11.3 Å². The monoisotopic (exact) mass is 530 g/mol. The lowest BCUT2D eigenvalue weighted by atomic mass is 10.1. The molecule has 0 radical (unpaired) electrons. The van der Waals surface area contributed by atoms with Gasteiger partial charge < -0.3 is 9.47 Å². The van der Waals surface area contributed by atoms with Gasteiger partial charge in [0, 0.05) is 53.7 Å². The van der Waals surface area contributed by atoms with Crippen LogP contribution in [0.15, 0.2) is 140 Å². The Bertz CT molecular complexity index is 2130. The van der Waals surface area contributed by atoms with Gasteiger partial charge in [0.1, 0.15) is 0 Å². The van der Waals surface area contributed by atoms with E-state index in [-0.39, 0.29) is 0 Å². The smallest absolute Gasteiger partial charge is 0.0541 e. The summed E-state index contributed by atoms with van der Waals surface area (Å²) < 4.78 is 5.00. The van der Waals surface area contributed by atoms with Gasteiger partial charge in [-0.05, 0) is 79.2 Å². The van der Waals surface area contributed by atoms with E-state index in [0.717, 1.165) is 22.7 Å². The van der Waals surface area contributed by atoms with Gasteiger partial charge in [-0.15, -0.1) is 11.3 Å². The van der Waals surface area contributed by atoms with Crippen LogP contribution in [-0.4, -0.2) is 4.57 Å². The molecule has 0 unspecified atom stereocenters. The van der Waals surface area contributed by atoms with Crippen LogP contribution in [0.5, 0.6) is 0 Å². The van der Waals surface area contributed by atoms with Gasteiger partial charge in [-0.1, -0.05) is 72.8 Å².